The van der Waals surface area contributed by atoms with Gasteiger partial charge in [-0.1, -0.05) is 35.9 Å². The van der Waals surface area contributed by atoms with Gasteiger partial charge >= 0.3 is 0 Å². The summed E-state index contributed by atoms with van der Waals surface area (Å²) in [4.78, 5) is 15.4. The molecule has 1 unspecified atom stereocenters. The monoisotopic (exact) mass is 332 g/mol. The molecule has 0 radical (unpaired) electrons. The minimum atomic E-state index is -1.62. The molecule has 0 bridgehead atoms. The van der Waals surface area contributed by atoms with Crippen LogP contribution in [0.5, 0.6) is 0 Å². The molecule has 22 heavy (non-hydrogen) atoms. The average Bonchev–Trinajstić information content (AvgIpc) is 2.47. The van der Waals surface area contributed by atoms with Crippen molar-refractivity contribution in [3.05, 3.63) is 75.0 Å². The normalized spacial score (nSPS) is 12.5. The summed E-state index contributed by atoms with van der Waals surface area (Å²) in [5.74, 6) is 0. The van der Waals surface area contributed by atoms with Crippen LogP contribution in [0.1, 0.15) is 11.1 Å². The van der Waals surface area contributed by atoms with Crippen LogP contribution in [0.2, 0.25) is 5.02 Å². The summed E-state index contributed by atoms with van der Waals surface area (Å²) in [6, 6.07) is 14.6. The van der Waals surface area contributed by atoms with Crippen molar-refractivity contribution in [2.45, 2.75) is 11.3 Å². The Balaban J connectivity index is 1.99. The molecule has 3 N–H and O–H groups in total. The quantitative estimate of drug-likeness (QED) is 0.773. The lowest BCUT2D eigenvalue weighted by molar-refractivity contribution is 0.684. The second-order valence-electron chi connectivity index (χ2n) is 4.95. The highest BCUT2D eigenvalue weighted by molar-refractivity contribution is 7.82. The van der Waals surface area contributed by atoms with Crippen molar-refractivity contribution in [3.63, 3.8) is 0 Å². The third-order valence-electron chi connectivity index (χ3n) is 3.44. The third-order valence-corrected chi connectivity index (χ3v) is 4.65. The number of hydrogen-bond acceptors (Lipinski definition) is 2. The van der Waals surface area contributed by atoms with E-state index in [1.54, 1.807) is 18.2 Å². The molecule has 0 aliphatic rings. The Bertz CT molecular complexity index is 937. The molecule has 0 amide bonds. The van der Waals surface area contributed by atoms with E-state index in [0.29, 0.717) is 21.9 Å². The molecule has 3 rings (SSSR count). The number of pyridine rings is 1. The van der Waals surface area contributed by atoms with Crippen molar-refractivity contribution in [2.75, 3.05) is 0 Å². The molecular weight excluding hydrogens is 320 g/mol. The van der Waals surface area contributed by atoms with Crippen LogP contribution < -0.4 is 10.7 Å². The van der Waals surface area contributed by atoms with Crippen LogP contribution in [-0.2, 0) is 17.4 Å². The van der Waals surface area contributed by atoms with E-state index in [9.17, 15) is 9.00 Å². The molecule has 2 aromatic carbocycles. The van der Waals surface area contributed by atoms with Gasteiger partial charge in [0.15, 0.2) is 0 Å². The predicted octanol–water partition coefficient (Wildman–Crippen LogP) is 2.75. The molecule has 0 aliphatic heterocycles. The SMILES string of the molecule is NS(=O)c1ccc(Cc2cc3ccccc3[nH]c2=O)cc1Cl. The van der Waals surface area contributed by atoms with Crippen molar-refractivity contribution in [2.24, 2.45) is 5.14 Å². The van der Waals surface area contributed by atoms with E-state index in [0.717, 1.165) is 16.5 Å². The number of aromatic amines is 1. The Morgan fingerprint density at radius 1 is 1.14 bits per heavy atom. The van der Waals surface area contributed by atoms with E-state index in [4.69, 9.17) is 16.7 Å². The van der Waals surface area contributed by atoms with Gasteiger partial charge in [0, 0.05) is 17.5 Å². The van der Waals surface area contributed by atoms with Crippen molar-refractivity contribution in [1.29, 1.82) is 0 Å². The predicted molar refractivity (Wildman–Crippen MR) is 89.4 cm³/mol. The second kappa shape index (κ2) is 6.04. The highest BCUT2D eigenvalue weighted by Crippen LogP contribution is 2.21. The zero-order valence-corrected chi connectivity index (χ0v) is 13.1. The van der Waals surface area contributed by atoms with E-state index >= 15 is 0 Å². The van der Waals surface area contributed by atoms with Crippen LogP contribution in [0, 0.1) is 0 Å². The van der Waals surface area contributed by atoms with Crippen LogP contribution in [0.4, 0.5) is 0 Å². The fraction of sp³-hybridized carbons (Fsp3) is 0.0625. The van der Waals surface area contributed by atoms with E-state index < -0.39 is 11.0 Å². The first-order chi connectivity index (χ1) is 10.5. The van der Waals surface area contributed by atoms with Gasteiger partial charge in [-0.25, -0.2) is 9.35 Å². The average molecular weight is 333 g/mol. The van der Waals surface area contributed by atoms with Crippen LogP contribution >= 0.6 is 11.6 Å². The maximum absolute atomic E-state index is 12.1. The number of H-pyrrole nitrogens is 1. The number of hydrogen-bond donors (Lipinski definition) is 2. The maximum atomic E-state index is 12.1. The summed E-state index contributed by atoms with van der Waals surface area (Å²) < 4.78 is 11.3. The molecule has 0 fully saturated rings. The molecule has 0 spiro atoms. The molecule has 6 heteroatoms. The molecule has 3 aromatic rings. The zero-order chi connectivity index (χ0) is 15.7. The summed E-state index contributed by atoms with van der Waals surface area (Å²) in [6.07, 6.45) is 0.442. The van der Waals surface area contributed by atoms with Crippen LogP contribution in [0.15, 0.2) is 58.2 Å². The third kappa shape index (κ3) is 2.97. The van der Waals surface area contributed by atoms with E-state index in [2.05, 4.69) is 4.98 Å². The molecule has 0 saturated heterocycles. The van der Waals surface area contributed by atoms with Gasteiger partial charge < -0.3 is 4.98 Å². The van der Waals surface area contributed by atoms with Crippen molar-refractivity contribution in [3.8, 4) is 0 Å². The lowest BCUT2D eigenvalue weighted by atomic mass is 10.0. The standard InChI is InChI=1S/C16H13ClN2O2S/c17-13-8-10(5-6-15(13)22(18)21)7-12-9-11-3-1-2-4-14(11)19-16(12)20/h1-6,8-9H,7,18H2,(H,19,20). The summed E-state index contributed by atoms with van der Waals surface area (Å²) in [5.41, 5.74) is 2.20. The first-order valence-electron chi connectivity index (χ1n) is 6.60. The summed E-state index contributed by atoms with van der Waals surface area (Å²) >= 11 is 6.07. The first kappa shape index (κ1) is 15.0. The lowest BCUT2D eigenvalue weighted by Gasteiger charge is -2.06. The Labute approximate surface area is 134 Å². The molecule has 0 aliphatic carbocycles. The van der Waals surface area contributed by atoms with Gasteiger partial charge in [-0.15, -0.1) is 0 Å². The van der Waals surface area contributed by atoms with E-state index in [1.165, 1.54) is 0 Å². The fourth-order valence-electron chi connectivity index (χ4n) is 2.36. The number of fused-ring (bicyclic) bond motifs is 1. The van der Waals surface area contributed by atoms with Crippen molar-refractivity contribution in [1.82, 2.24) is 4.98 Å². The Hall–Kier alpha value is -1.95. The molecule has 112 valence electrons. The number of benzene rings is 2. The number of halogens is 1. The van der Waals surface area contributed by atoms with Crippen molar-refractivity contribution < 1.29 is 4.21 Å². The van der Waals surface area contributed by atoms with E-state index in [1.807, 2.05) is 30.3 Å². The van der Waals surface area contributed by atoms with Gasteiger partial charge in [0.1, 0.15) is 11.0 Å². The minimum absolute atomic E-state index is 0.124. The molecule has 4 nitrogen and oxygen atoms in total. The topological polar surface area (TPSA) is 76.0 Å². The van der Waals surface area contributed by atoms with Gasteiger partial charge in [0.05, 0.1) is 9.92 Å². The molecule has 1 atom stereocenters. The molecule has 1 heterocycles. The van der Waals surface area contributed by atoms with Gasteiger partial charge in [0.2, 0.25) is 0 Å². The molecule has 0 saturated carbocycles. The lowest BCUT2D eigenvalue weighted by Crippen LogP contribution is -2.12. The number of rotatable bonds is 3. The summed E-state index contributed by atoms with van der Waals surface area (Å²) in [5, 5.41) is 6.65. The largest absolute Gasteiger partial charge is 0.322 e. The van der Waals surface area contributed by atoms with Gasteiger partial charge in [-0.05, 0) is 35.2 Å². The summed E-state index contributed by atoms with van der Waals surface area (Å²) in [7, 11) is -1.62. The van der Waals surface area contributed by atoms with Gasteiger partial charge in [-0.2, -0.15) is 0 Å². The van der Waals surface area contributed by atoms with Crippen molar-refractivity contribution >= 4 is 33.5 Å². The Morgan fingerprint density at radius 3 is 2.64 bits per heavy atom. The number of nitrogens with two attached hydrogens (primary N) is 1. The number of para-hydroxylation sites is 1. The first-order valence-corrected chi connectivity index (χ1v) is 8.19. The Morgan fingerprint density at radius 2 is 1.91 bits per heavy atom. The second-order valence-corrected chi connectivity index (χ2v) is 6.39. The summed E-state index contributed by atoms with van der Waals surface area (Å²) in [6.45, 7) is 0. The van der Waals surface area contributed by atoms with E-state index in [-0.39, 0.29) is 5.56 Å². The maximum Gasteiger partial charge on any atom is 0.251 e. The van der Waals surface area contributed by atoms with Gasteiger partial charge in [-0.3, -0.25) is 4.79 Å². The van der Waals surface area contributed by atoms with Gasteiger partial charge in [0.25, 0.3) is 5.56 Å². The minimum Gasteiger partial charge on any atom is -0.322 e. The molecular formula is C16H13ClN2O2S. The fourth-order valence-corrected chi connectivity index (χ4v) is 3.25. The number of aromatic nitrogens is 1. The number of nitrogens with one attached hydrogen (secondary N) is 1. The van der Waals surface area contributed by atoms with Crippen LogP contribution in [0.25, 0.3) is 10.9 Å². The zero-order valence-electron chi connectivity index (χ0n) is 11.5. The smallest absolute Gasteiger partial charge is 0.251 e. The molecule has 1 aromatic heterocycles. The highest BCUT2D eigenvalue weighted by Gasteiger charge is 2.08. The van der Waals surface area contributed by atoms with Crippen LogP contribution in [0.3, 0.4) is 0 Å². The highest BCUT2D eigenvalue weighted by atomic mass is 35.5. The van der Waals surface area contributed by atoms with Crippen LogP contribution in [-0.4, -0.2) is 9.19 Å². The Kier molecular flexibility index (Phi) is 4.11.